The summed E-state index contributed by atoms with van der Waals surface area (Å²) in [6.07, 6.45) is -0.549. The third kappa shape index (κ3) is 5.67. The Morgan fingerprint density at radius 3 is 2.58 bits per heavy atom. The molecule has 0 spiro atoms. The lowest BCUT2D eigenvalue weighted by Crippen LogP contribution is -2.21. The summed E-state index contributed by atoms with van der Waals surface area (Å²) in [4.78, 5) is 23.6. The average molecular weight is 377 g/mol. The van der Waals surface area contributed by atoms with E-state index in [4.69, 9.17) is 21.1 Å². The molecule has 2 aromatic carbocycles. The number of hydrogen-bond donors (Lipinski definition) is 2. The van der Waals surface area contributed by atoms with E-state index in [2.05, 4.69) is 10.6 Å². The Morgan fingerprint density at radius 2 is 1.88 bits per heavy atom. The summed E-state index contributed by atoms with van der Waals surface area (Å²) in [5, 5.41) is 5.81. The van der Waals surface area contributed by atoms with Crippen LogP contribution in [0.1, 0.15) is 18.1 Å². The number of ether oxygens (including phenoxy) is 2. The third-order valence-electron chi connectivity index (χ3n) is 3.42. The zero-order valence-electron chi connectivity index (χ0n) is 14.9. The lowest BCUT2D eigenvalue weighted by Gasteiger charge is -2.12. The van der Waals surface area contributed by atoms with E-state index in [1.807, 2.05) is 19.9 Å². The highest BCUT2D eigenvalue weighted by Crippen LogP contribution is 2.27. The minimum absolute atomic E-state index is 0.188. The number of carbonyl (C=O) groups excluding carboxylic acids is 2. The molecule has 0 heterocycles. The standard InChI is InChI=1S/C19H21ClN2O4/c1-4-25-19(24)21-14-6-5-7-15(10-14)26-11-17(23)22-18-13(3)8-12(2)9-16(18)20/h5-10H,4,11H2,1-3H3,(H,21,24)(H,22,23). The van der Waals surface area contributed by atoms with Gasteiger partial charge in [0, 0.05) is 11.8 Å². The number of amides is 2. The topological polar surface area (TPSA) is 76.7 Å². The van der Waals surface area contributed by atoms with E-state index in [0.29, 0.717) is 22.1 Å². The average Bonchev–Trinajstić information content (AvgIpc) is 2.57. The van der Waals surface area contributed by atoms with Crippen LogP contribution >= 0.6 is 11.6 Å². The molecule has 0 unspecified atom stereocenters. The molecule has 26 heavy (non-hydrogen) atoms. The number of carbonyl (C=O) groups is 2. The van der Waals surface area contributed by atoms with E-state index < -0.39 is 6.09 Å². The Hall–Kier alpha value is -2.73. The third-order valence-corrected chi connectivity index (χ3v) is 3.72. The normalized spacial score (nSPS) is 10.2. The minimum atomic E-state index is -0.549. The Labute approximate surface area is 157 Å². The van der Waals surface area contributed by atoms with Crippen molar-refractivity contribution in [2.45, 2.75) is 20.8 Å². The first-order chi connectivity index (χ1) is 12.4. The molecular weight excluding hydrogens is 356 g/mol. The van der Waals surface area contributed by atoms with Gasteiger partial charge in [0.05, 0.1) is 17.3 Å². The first-order valence-electron chi connectivity index (χ1n) is 8.12. The highest BCUT2D eigenvalue weighted by atomic mass is 35.5. The molecule has 138 valence electrons. The van der Waals surface area contributed by atoms with Crippen molar-refractivity contribution in [3.63, 3.8) is 0 Å². The van der Waals surface area contributed by atoms with Crippen LogP contribution in [0.3, 0.4) is 0 Å². The molecule has 0 aliphatic rings. The first kappa shape index (κ1) is 19.6. The smallest absolute Gasteiger partial charge is 0.411 e. The molecule has 0 aliphatic heterocycles. The minimum Gasteiger partial charge on any atom is -0.484 e. The molecule has 0 fully saturated rings. The highest BCUT2D eigenvalue weighted by Gasteiger charge is 2.10. The molecule has 2 N–H and O–H groups in total. The Morgan fingerprint density at radius 1 is 1.12 bits per heavy atom. The number of benzene rings is 2. The molecule has 0 radical (unpaired) electrons. The maximum absolute atomic E-state index is 12.1. The van der Waals surface area contributed by atoms with Crippen molar-refractivity contribution in [3.8, 4) is 5.75 Å². The van der Waals surface area contributed by atoms with Gasteiger partial charge in [0.25, 0.3) is 5.91 Å². The summed E-state index contributed by atoms with van der Waals surface area (Å²) < 4.78 is 10.3. The maximum Gasteiger partial charge on any atom is 0.411 e. The van der Waals surface area contributed by atoms with Crippen molar-refractivity contribution in [1.82, 2.24) is 0 Å². The van der Waals surface area contributed by atoms with Crippen molar-refractivity contribution in [3.05, 3.63) is 52.5 Å². The summed E-state index contributed by atoms with van der Waals surface area (Å²) in [7, 11) is 0. The van der Waals surface area contributed by atoms with Crippen LogP contribution in [0, 0.1) is 13.8 Å². The molecular formula is C19H21ClN2O4. The van der Waals surface area contributed by atoms with Gasteiger partial charge in [-0.25, -0.2) is 4.79 Å². The molecule has 2 amide bonds. The van der Waals surface area contributed by atoms with Crippen molar-refractivity contribution in [1.29, 1.82) is 0 Å². The molecule has 0 aromatic heterocycles. The molecule has 0 atom stereocenters. The molecule has 6 nitrogen and oxygen atoms in total. The molecule has 0 saturated carbocycles. The van der Waals surface area contributed by atoms with E-state index in [9.17, 15) is 9.59 Å². The molecule has 0 saturated heterocycles. The van der Waals surface area contributed by atoms with E-state index in [-0.39, 0.29) is 19.1 Å². The molecule has 0 aliphatic carbocycles. The van der Waals surface area contributed by atoms with E-state index >= 15 is 0 Å². The number of hydrogen-bond acceptors (Lipinski definition) is 4. The van der Waals surface area contributed by atoms with Crippen molar-refractivity contribution >= 4 is 35.0 Å². The van der Waals surface area contributed by atoms with Gasteiger partial charge in [0.1, 0.15) is 5.75 Å². The lowest BCUT2D eigenvalue weighted by molar-refractivity contribution is -0.118. The largest absolute Gasteiger partial charge is 0.484 e. The second-order valence-corrected chi connectivity index (χ2v) is 6.06. The lowest BCUT2D eigenvalue weighted by atomic mass is 10.1. The van der Waals surface area contributed by atoms with Gasteiger partial charge in [-0.15, -0.1) is 0 Å². The molecule has 2 aromatic rings. The van der Waals surface area contributed by atoms with Crippen LogP contribution in [0.4, 0.5) is 16.2 Å². The van der Waals surface area contributed by atoms with Crippen LogP contribution in [0.5, 0.6) is 5.75 Å². The second kappa shape index (κ2) is 9.10. The fraction of sp³-hybridized carbons (Fsp3) is 0.263. The van der Waals surface area contributed by atoms with Gasteiger partial charge in [0.15, 0.2) is 6.61 Å². The Kier molecular flexibility index (Phi) is 6.86. The predicted octanol–water partition coefficient (Wildman–Crippen LogP) is 4.54. The zero-order valence-corrected chi connectivity index (χ0v) is 15.6. The van der Waals surface area contributed by atoms with Crippen LogP contribution in [-0.2, 0) is 9.53 Å². The summed E-state index contributed by atoms with van der Waals surface area (Å²) in [5.74, 6) is 0.115. The van der Waals surface area contributed by atoms with Crippen LogP contribution in [0.2, 0.25) is 5.02 Å². The Balaban J connectivity index is 1.94. The molecule has 2 rings (SSSR count). The zero-order chi connectivity index (χ0) is 19.1. The van der Waals surface area contributed by atoms with E-state index in [1.165, 1.54) is 0 Å². The van der Waals surface area contributed by atoms with E-state index in [1.54, 1.807) is 37.3 Å². The first-order valence-corrected chi connectivity index (χ1v) is 8.50. The fourth-order valence-corrected chi connectivity index (χ4v) is 2.72. The number of halogens is 1. The predicted molar refractivity (Wildman–Crippen MR) is 102 cm³/mol. The number of anilines is 2. The quantitative estimate of drug-likeness (QED) is 0.775. The van der Waals surface area contributed by atoms with Gasteiger partial charge >= 0.3 is 6.09 Å². The van der Waals surface area contributed by atoms with Crippen LogP contribution < -0.4 is 15.4 Å². The van der Waals surface area contributed by atoms with Gasteiger partial charge in [-0.2, -0.15) is 0 Å². The van der Waals surface area contributed by atoms with Gasteiger partial charge in [-0.05, 0) is 50.1 Å². The summed E-state index contributed by atoms with van der Waals surface area (Å²) in [6.45, 7) is 5.63. The van der Waals surface area contributed by atoms with Gasteiger partial charge < -0.3 is 14.8 Å². The number of nitrogens with one attached hydrogen (secondary N) is 2. The van der Waals surface area contributed by atoms with Gasteiger partial charge in [-0.3, -0.25) is 10.1 Å². The van der Waals surface area contributed by atoms with Crippen molar-refractivity contribution < 1.29 is 19.1 Å². The second-order valence-electron chi connectivity index (χ2n) is 5.65. The van der Waals surface area contributed by atoms with Crippen molar-refractivity contribution in [2.75, 3.05) is 23.8 Å². The van der Waals surface area contributed by atoms with Crippen LogP contribution in [0.15, 0.2) is 36.4 Å². The maximum atomic E-state index is 12.1. The molecule has 0 bridgehead atoms. The number of rotatable bonds is 6. The monoisotopic (exact) mass is 376 g/mol. The number of aryl methyl sites for hydroxylation is 2. The van der Waals surface area contributed by atoms with E-state index in [0.717, 1.165) is 11.1 Å². The van der Waals surface area contributed by atoms with Gasteiger partial charge in [-0.1, -0.05) is 23.7 Å². The fourth-order valence-electron chi connectivity index (χ4n) is 2.35. The summed E-state index contributed by atoms with van der Waals surface area (Å²) >= 11 is 6.18. The highest BCUT2D eigenvalue weighted by molar-refractivity contribution is 6.34. The molecule has 7 heteroatoms. The summed E-state index contributed by atoms with van der Waals surface area (Å²) in [5.41, 5.74) is 2.99. The SMILES string of the molecule is CCOC(=O)Nc1cccc(OCC(=O)Nc2c(C)cc(C)cc2Cl)c1. The van der Waals surface area contributed by atoms with Gasteiger partial charge in [0.2, 0.25) is 0 Å². The summed E-state index contributed by atoms with van der Waals surface area (Å²) in [6, 6.07) is 10.4. The van der Waals surface area contributed by atoms with Crippen LogP contribution in [0.25, 0.3) is 0 Å². The van der Waals surface area contributed by atoms with Crippen molar-refractivity contribution in [2.24, 2.45) is 0 Å². The van der Waals surface area contributed by atoms with Crippen LogP contribution in [-0.4, -0.2) is 25.2 Å². The Bertz CT molecular complexity index is 785.